The molecule has 3 rings (SSSR count). The van der Waals surface area contributed by atoms with Crippen LogP contribution in [0.5, 0.6) is 11.5 Å². The van der Waals surface area contributed by atoms with Crippen molar-refractivity contribution in [3.63, 3.8) is 0 Å². The molecule has 0 N–H and O–H groups in total. The largest absolute Gasteiger partial charge is 0.496 e. The van der Waals surface area contributed by atoms with E-state index >= 15 is 0 Å². The number of methoxy groups -OCH3 is 2. The van der Waals surface area contributed by atoms with Gasteiger partial charge in [-0.2, -0.15) is 0 Å². The second-order valence-electron chi connectivity index (χ2n) is 6.42. The van der Waals surface area contributed by atoms with Gasteiger partial charge in [-0.3, -0.25) is 9.69 Å². The normalized spacial score (nSPS) is 16.7. The van der Waals surface area contributed by atoms with E-state index < -0.39 is 0 Å². The summed E-state index contributed by atoms with van der Waals surface area (Å²) in [6.07, 6.45) is 0. The van der Waals surface area contributed by atoms with Gasteiger partial charge in [-0.15, -0.1) is 0 Å². The zero-order chi connectivity index (χ0) is 18.3. The van der Waals surface area contributed by atoms with Gasteiger partial charge in [0.1, 0.15) is 11.5 Å². The van der Waals surface area contributed by atoms with Crippen LogP contribution < -0.4 is 14.4 Å². The van der Waals surface area contributed by atoms with E-state index in [-0.39, 0.29) is 11.9 Å². The number of aryl methyl sites for hydroxylation is 2. The molecule has 0 bridgehead atoms. The number of anilines is 1. The highest BCUT2D eigenvalue weighted by molar-refractivity contribution is 6.15. The molecule has 2 aromatic rings. The Kier molecular flexibility index (Phi) is 4.29. The number of nitrogens with zero attached hydrogens (tertiary/aromatic N) is 1. The fourth-order valence-corrected chi connectivity index (χ4v) is 3.26. The molecule has 25 heavy (non-hydrogen) atoms. The molecule has 0 aromatic heterocycles. The van der Waals surface area contributed by atoms with Crippen LogP contribution in [0.2, 0.25) is 0 Å². The molecule has 0 radical (unpaired) electrons. The first kappa shape index (κ1) is 17.1. The molecule has 1 amide bonds. The smallest absolute Gasteiger partial charge is 0.256 e. The highest BCUT2D eigenvalue weighted by Gasteiger charge is 2.43. The van der Waals surface area contributed by atoms with Gasteiger partial charge in [0, 0.05) is 17.3 Å². The molecule has 130 valence electrons. The van der Waals surface area contributed by atoms with Gasteiger partial charge >= 0.3 is 0 Å². The standard InChI is InChI=1S/C21H23NO3/c1-12-7-8-16(10-18(12)24-5)20-15(4)21(23)22(20)17-9-13(2)14(3)19(11-17)25-6/h7-11,20H,4H2,1-3,5-6H3/t20-/m1/s1. The first-order chi connectivity index (χ1) is 11.9. The lowest BCUT2D eigenvalue weighted by molar-refractivity contribution is -0.118. The van der Waals surface area contributed by atoms with E-state index in [9.17, 15) is 4.79 Å². The minimum absolute atomic E-state index is 0.0603. The Balaban J connectivity index is 2.06. The van der Waals surface area contributed by atoms with E-state index in [1.807, 2.05) is 51.1 Å². The topological polar surface area (TPSA) is 38.8 Å². The number of β-lactam (4-membered cyclic amide) rings is 1. The number of hydrogen-bond acceptors (Lipinski definition) is 3. The first-order valence-electron chi connectivity index (χ1n) is 8.21. The van der Waals surface area contributed by atoms with Gasteiger partial charge in [0.05, 0.1) is 20.3 Å². The second-order valence-corrected chi connectivity index (χ2v) is 6.42. The third kappa shape index (κ3) is 2.68. The summed E-state index contributed by atoms with van der Waals surface area (Å²) >= 11 is 0. The van der Waals surface area contributed by atoms with E-state index in [2.05, 4.69) is 6.58 Å². The van der Waals surface area contributed by atoms with Crippen molar-refractivity contribution in [1.82, 2.24) is 0 Å². The number of amides is 1. The number of carbonyl (C=O) groups excluding carboxylic acids is 1. The van der Waals surface area contributed by atoms with Crippen LogP contribution in [0.15, 0.2) is 42.5 Å². The summed E-state index contributed by atoms with van der Waals surface area (Å²) in [5.41, 5.74) is 5.61. The molecule has 1 saturated heterocycles. The molecule has 1 aliphatic heterocycles. The summed E-state index contributed by atoms with van der Waals surface area (Å²) in [4.78, 5) is 14.3. The van der Waals surface area contributed by atoms with Crippen LogP contribution in [-0.4, -0.2) is 20.1 Å². The molecule has 4 nitrogen and oxygen atoms in total. The van der Waals surface area contributed by atoms with Crippen LogP contribution in [0.3, 0.4) is 0 Å². The molecule has 1 atom stereocenters. The lowest BCUT2D eigenvalue weighted by atomic mass is 9.87. The van der Waals surface area contributed by atoms with E-state index in [1.165, 1.54) is 0 Å². The Morgan fingerprint density at radius 3 is 2.28 bits per heavy atom. The summed E-state index contributed by atoms with van der Waals surface area (Å²) < 4.78 is 10.9. The quantitative estimate of drug-likeness (QED) is 0.618. The Morgan fingerprint density at radius 2 is 1.64 bits per heavy atom. The van der Waals surface area contributed by atoms with Crippen molar-refractivity contribution in [2.75, 3.05) is 19.1 Å². The van der Waals surface area contributed by atoms with Crippen LogP contribution in [0.1, 0.15) is 28.3 Å². The van der Waals surface area contributed by atoms with Crippen molar-refractivity contribution in [2.24, 2.45) is 0 Å². The number of hydrogen-bond donors (Lipinski definition) is 0. The van der Waals surface area contributed by atoms with Crippen LogP contribution in [0.4, 0.5) is 5.69 Å². The Labute approximate surface area is 148 Å². The Morgan fingerprint density at radius 1 is 0.960 bits per heavy atom. The highest BCUT2D eigenvalue weighted by Crippen LogP contribution is 2.44. The number of carbonyl (C=O) groups is 1. The third-order valence-electron chi connectivity index (χ3n) is 4.93. The van der Waals surface area contributed by atoms with Crippen molar-refractivity contribution in [2.45, 2.75) is 26.8 Å². The summed E-state index contributed by atoms with van der Waals surface area (Å²) in [6.45, 7) is 10.00. The predicted molar refractivity (Wildman–Crippen MR) is 99.6 cm³/mol. The fraction of sp³-hybridized carbons (Fsp3) is 0.286. The maximum atomic E-state index is 12.5. The van der Waals surface area contributed by atoms with Crippen LogP contribution in [-0.2, 0) is 4.79 Å². The molecule has 2 aromatic carbocycles. The molecule has 1 heterocycles. The fourth-order valence-electron chi connectivity index (χ4n) is 3.26. The van der Waals surface area contributed by atoms with Crippen LogP contribution in [0.25, 0.3) is 0 Å². The van der Waals surface area contributed by atoms with Gasteiger partial charge in [0.2, 0.25) is 0 Å². The molecule has 1 fully saturated rings. The van der Waals surface area contributed by atoms with E-state index in [0.717, 1.165) is 39.4 Å². The zero-order valence-corrected chi connectivity index (χ0v) is 15.3. The average molecular weight is 337 g/mol. The van der Waals surface area contributed by atoms with Gasteiger partial charge < -0.3 is 9.47 Å². The predicted octanol–water partition coefficient (Wildman–Crippen LogP) is 4.27. The molecule has 0 unspecified atom stereocenters. The Hall–Kier alpha value is -2.75. The van der Waals surface area contributed by atoms with Gasteiger partial charge in [-0.25, -0.2) is 0 Å². The first-order valence-corrected chi connectivity index (χ1v) is 8.21. The summed E-state index contributed by atoms with van der Waals surface area (Å²) in [5.74, 6) is 1.53. The van der Waals surface area contributed by atoms with Crippen LogP contribution >= 0.6 is 0 Å². The molecule has 0 saturated carbocycles. The SMILES string of the molecule is C=C1C(=O)N(c2cc(C)c(C)c(OC)c2)[C@H]1c1ccc(C)c(OC)c1. The van der Waals surface area contributed by atoms with Gasteiger partial charge in [-0.1, -0.05) is 18.7 Å². The Bertz CT molecular complexity index is 870. The van der Waals surface area contributed by atoms with Crippen LogP contribution in [0, 0.1) is 20.8 Å². The van der Waals surface area contributed by atoms with Crippen molar-refractivity contribution in [1.29, 1.82) is 0 Å². The van der Waals surface area contributed by atoms with E-state index in [1.54, 1.807) is 19.1 Å². The summed E-state index contributed by atoms with van der Waals surface area (Å²) in [6, 6.07) is 9.73. The molecular formula is C21H23NO3. The van der Waals surface area contributed by atoms with E-state index in [4.69, 9.17) is 9.47 Å². The lowest BCUT2D eigenvalue weighted by Gasteiger charge is -2.43. The van der Waals surface area contributed by atoms with Gasteiger partial charge in [0.15, 0.2) is 0 Å². The molecule has 0 spiro atoms. The minimum Gasteiger partial charge on any atom is -0.496 e. The third-order valence-corrected chi connectivity index (χ3v) is 4.93. The monoisotopic (exact) mass is 337 g/mol. The number of benzene rings is 2. The summed E-state index contributed by atoms with van der Waals surface area (Å²) in [5, 5.41) is 0. The van der Waals surface area contributed by atoms with Gasteiger partial charge in [0.25, 0.3) is 5.91 Å². The van der Waals surface area contributed by atoms with Crippen molar-refractivity contribution in [3.8, 4) is 11.5 Å². The van der Waals surface area contributed by atoms with Gasteiger partial charge in [-0.05, 0) is 55.2 Å². The van der Waals surface area contributed by atoms with Crippen molar-refractivity contribution >= 4 is 11.6 Å². The second kappa shape index (κ2) is 6.28. The zero-order valence-electron chi connectivity index (χ0n) is 15.3. The van der Waals surface area contributed by atoms with E-state index in [0.29, 0.717) is 5.57 Å². The molecule has 4 heteroatoms. The minimum atomic E-state index is -0.186. The lowest BCUT2D eigenvalue weighted by Crippen LogP contribution is -2.48. The maximum absolute atomic E-state index is 12.5. The van der Waals surface area contributed by atoms with Crippen molar-refractivity contribution in [3.05, 3.63) is 64.7 Å². The maximum Gasteiger partial charge on any atom is 0.256 e. The average Bonchev–Trinajstić information content (AvgIpc) is 2.61. The molecular weight excluding hydrogens is 314 g/mol. The highest BCUT2D eigenvalue weighted by atomic mass is 16.5. The number of ether oxygens (including phenoxy) is 2. The number of rotatable bonds is 4. The summed E-state index contributed by atoms with van der Waals surface area (Å²) in [7, 11) is 3.30. The van der Waals surface area contributed by atoms with Crippen molar-refractivity contribution < 1.29 is 14.3 Å². The molecule has 1 aliphatic rings. The molecule has 0 aliphatic carbocycles.